The first-order valence-electron chi connectivity index (χ1n) is 9.64. The van der Waals surface area contributed by atoms with Crippen molar-refractivity contribution in [2.24, 2.45) is 0 Å². The maximum Gasteiger partial charge on any atom is 0.163 e. The van der Waals surface area contributed by atoms with Crippen LogP contribution in [0.2, 0.25) is 5.02 Å². The Hall–Kier alpha value is -2.54. The number of aliphatic hydroxyl groups excluding tert-OH is 1. The molecule has 1 N–H and O–H groups in total. The van der Waals surface area contributed by atoms with Crippen molar-refractivity contribution in [2.75, 3.05) is 32.1 Å². The average molecular weight is 410 g/mol. The van der Waals surface area contributed by atoms with E-state index < -0.39 is 6.10 Å². The predicted octanol–water partition coefficient (Wildman–Crippen LogP) is 3.36. The molecule has 1 fully saturated rings. The third-order valence-corrected chi connectivity index (χ3v) is 5.49. The molecule has 0 aliphatic carbocycles. The number of halogens is 1. The summed E-state index contributed by atoms with van der Waals surface area (Å²) in [5, 5.41) is 11.1. The Morgan fingerprint density at radius 1 is 1.07 bits per heavy atom. The molecule has 150 valence electrons. The van der Waals surface area contributed by atoms with Gasteiger partial charge in [-0.2, -0.15) is 0 Å². The molecule has 2 atom stereocenters. The molecule has 3 aromatic rings. The standard InChI is InChI=1S/C22H24ClN5O/c1-27(2)18-10-19(29)14-28(13-18)21-11-20(15-5-7-17(23)8-6-15)25-22(26-21)16-4-3-9-24-12-16/h3-9,11-12,18-19,29H,10,13-14H2,1-2H3. The number of benzene rings is 1. The number of anilines is 1. The summed E-state index contributed by atoms with van der Waals surface area (Å²) >= 11 is 6.06. The summed E-state index contributed by atoms with van der Waals surface area (Å²) in [5.41, 5.74) is 2.63. The highest BCUT2D eigenvalue weighted by atomic mass is 35.5. The zero-order valence-corrected chi connectivity index (χ0v) is 17.3. The van der Waals surface area contributed by atoms with Gasteiger partial charge in [-0.05, 0) is 44.8 Å². The van der Waals surface area contributed by atoms with E-state index in [9.17, 15) is 5.11 Å². The van der Waals surface area contributed by atoms with Crippen molar-refractivity contribution in [1.29, 1.82) is 0 Å². The van der Waals surface area contributed by atoms with Gasteiger partial charge in [0.25, 0.3) is 0 Å². The van der Waals surface area contributed by atoms with Crippen LogP contribution < -0.4 is 4.90 Å². The Morgan fingerprint density at radius 2 is 1.86 bits per heavy atom. The van der Waals surface area contributed by atoms with E-state index in [2.05, 4.69) is 14.8 Å². The second-order valence-electron chi connectivity index (χ2n) is 7.60. The molecule has 0 amide bonds. The third kappa shape index (κ3) is 4.56. The molecule has 0 radical (unpaired) electrons. The van der Waals surface area contributed by atoms with Gasteiger partial charge in [-0.1, -0.05) is 23.7 Å². The van der Waals surface area contributed by atoms with Crippen LogP contribution in [0.1, 0.15) is 6.42 Å². The number of nitrogens with zero attached hydrogens (tertiary/aromatic N) is 5. The lowest BCUT2D eigenvalue weighted by Crippen LogP contribution is -2.51. The molecule has 4 rings (SSSR count). The Labute approximate surface area is 175 Å². The van der Waals surface area contributed by atoms with Crippen molar-refractivity contribution in [3.8, 4) is 22.6 Å². The number of aliphatic hydroxyl groups is 1. The molecule has 1 aromatic carbocycles. The molecule has 1 aliphatic rings. The summed E-state index contributed by atoms with van der Waals surface area (Å²) < 4.78 is 0. The van der Waals surface area contributed by atoms with Gasteiger partial charge in [0.05, 0.1) is 11.8 Å². The zero-order valence-electron chi connectivity index (χ0n) is 16.5. The highest BCUT2D eigenvalue weighted by Crippen LogP contribution is 2.28. The van der Waals surface area contributed by atoms with E-state index in [-0.39, 0.29) is 6.04 Å². The van der Waals surface area contributed by atoms with Gasteiger partial charge in [-0.15, -0.1) is 0 Å². The molecule has 1 saturated heterocycles. The molecular formula is C22H24ClN5O. The van der Waals surface area contributed by atoms with Gasteiger partial charge in [0.2, 0.25) is 0 Å². The summed E-state index contributed by atoms with van der Waals surface area (Å²) in [6.45, 7) is 1.35. The Balaban J connectivity index is 1.78. The number of hydrogen-bond acceptors (Lipinski definition) is 6. The zero-order chi connectivity index (χ0) is 20.4. The maximum atomic E-state index is 10.4. The first-order valence-corrected chi connectivity index (χ1v) is 10.0. The number of aromatic nitrogens is 3. The van der Waals surface area contributed by atoms with Crippen molar-refractivity contribution < 1.29 is 5.11 Å². The summed E-state index contributed by atoms with van der Waals surface area (Å²) in [4.78, 5) is 18.1. The minimum absolute atomic E-state index is 0.259. The van der Waals surface area contributed by atoms with Crippen LogP contribution in [-0.2, 0) is 0 Å². The number of pyridine rings is 1. The molecule has 0 saturated carbocycles. The number of piperidine rings is 1. The van der Waals surface area contributed by atoms with E-state index in [1.165, 1.54) is 0 Å². The van der Waals surface area contributed by atoms with Crippen LogP contribution in [0, 0.1) is 0 Å². The van der Waals surface area contributed by atoms with Crippen molar-refractivity contribution in [3.63, 3.8) is 0 Å². The van der Waals surface area contributed by atoms with E-state index in [1.54, 1.807) is 12.4 Å². The lowest BCUT2D eigenvalue weighted by molar-refractivity contribution is 0.107. The first-order chi connectivity index (χ1) is 14.0. The third-order valence-electron chi connectivity index (χ3n) is 5.23. The molecule has 2 unspecified atom stereocenters. The molecule has 0 spiro atoms. The SMILES string of the molecule is CN(C)C1CC(O)CN(c2cc(-c3ccc(Cl)cc3)nc(-c3cccnc3)n2)C1. The Bertz CT molecular complexity index is 965. The molecule has 29 heavy (non-hydrogen) atoms. The lowest BCUT2D eigenvalue weighted by atomic mass is 10.0. The van der Waals surface area contributed by atoms with Crippen LogP contribution in [0.3, 0.4) is 0 Å². The largest absolute Gasteiger partial charge is 0.391 e. The summed E-state index contributed by atoms with van der Waals surface area (Å²) in [7, 11) is 4.09. The van der Waals surface area contributed by atoms with Crippen LogP contribution in [0.25, 0.3) is 22.6 Å². The summed E-state index contributed by atoms with van der Waals surface area (Å²) in [5.74, 6) is 1.41. The monoisotopic (exact) mass is 409 g/mol. The van der Waals surface area contributed by atoms with Crippen molar-refractivity contribution in [2.45, 2.75) is 18.6 Å². The van der Waals surface area contributed by atoms with Gasteiger partial charge >= 0.3 is 0 Å². The first kappa shape index (κ1) is 19.8. The quantitative estimate of drug-likeness (QED) is 0.712. The minimum Gasteiger partial charge on any atom is -0.391 e. The highest BCUT2D eigenvalue weighted by Gasteiger charge is 2.28. The molecule has 0 bridgehead atoms. The Kier molecular flexibility index (Phi) is 5.76. The predicted molar refractivity (Wildman–Crippen MR) is 116 cm³/mol. The summed E-state index contributed by atoms with van der Waals surface area (Å²) in [6, 6.07) is 13.7. The van der Waals surface area contributed by atoms with Crippen molar-refractivity contribution in [1.82, 2.24) is 19.9 Å². The van der Waals surface area contributed by atoms with Crippen LogP contribution in [0.5, 0.6) is 0 Å². The number of hydrogen-bond donors (Lipinski definition) is 1. The Morgan fingerprint density at radius 3 is 2.55 bits per heavy atom. The van der Waals surface area contributed by atoms with Gasteiger partial charge in [0.1, 0.15) is 5.82 Å². The molecule has 1 aliphatic heterocycles. The van der Waals surface area contributed by atoms with Gasteiger partial charge in [0, 0.05) is 53.7 Å². The second kappa shape index (κ2) is 8.45. The molecule has 3 heterocycles. The van der Waals surface area contributed by atoms with E-state index in [1.807, 2.05) is 56.6 Å². The molecular weight excluding hydrogens is 386 g/mol. The second-order valence-corrected chi connectivity index (χ2v) is 8.03. The average Bonchev–Trinajstić information content (AvgIpc) is 2.74. The minimum atomic E-state index is -0.396. The number of likely N-dealkylation sites (N-methyl/N-ethyl adjacent to an activating group) is 1. The number of β-amino-alcohol motifs (C(OH)–C–C–N with tert-alkyl or cyclic N) is 1. The van der Waals surface area contributed by atoms with E-state index >= 15 is 0 Å². The van der Waals surface area contributed by atoms with Gasteiger partial charge in [0.15, 0.2) is 5.82 Å². The fraction of sp³-hybridized carbons (Fsp3) is 0.318. The van der Waals surface area contributed by atoms with Gasteiger partial charge in [-0.3, -0.25) is 4.98 Å². The highest BCUT2D eigenvalue weighted by molar-refractivity contribution is 6.30. The molecule has 7 heteroatoms. The van der Waals surface area contributed by atoms with Crippen LogP contribution in [-0.4, -0.2) is 64.3 Å². The van der Waals surface area contributed by atoms with Crippen LogP contribution in [0.15, 0.2) is 54.9 Å². The molecule has 6 nitrogen and oxygen atoms in total. The van der Waals surface area contributed by atoms with Gasteiger partial charge < -0.3 is 14.9 Å². The van der Waals surface area contributed by atoms with Crippen LogP contribution >= 0.6 is 11.6 Å². The number of rotatable bonds is 4. The van der Waals surface area contributed by atoms with E-state index in [4.69, 9.17) is 21.6 Å². The summed E-state index contributed by atoms with van der Waals surface area (Å²) in [6.07, 6.45) is 3.86. The maximum absolute atomic E-state index is 10.4. The fourth-order valence-corrected chi connectivity index (χ4v) is 3.72. The van der Waals surface area contributed by atoms with Crippen LogP contribution in [0.4, 0.5) is 5.82 Å². The smallest absolute Gasteiger partial charge is 0.163 e. The van der Waals surface area contributed by atoms with E-state index in [0.717, 1.165) is 35.6 Å². The molecule has 2 aromatic heterocycles. The fourth-order valence-electron chi connectivity index (χ4n) is 3.60. The van der Waals surface area contributed by atoms with Gasteiger partial charge in [-0.25, -0.2) is 9.97 Å². The van der Waals surface area contributed by atoms with Crippen molar-refractivity contribution in [3.05, 3.63) is 59.9 Å². The normalized spacial score (nSPS) is 19.6. The lowest BCUT2D eigenvalue weighted by Gasteiger charge is -2.39. The van der Waals surface area contributed by atoms with Crippen molar-refractivity contribution >= 4 is 17.4 Å². The van der Waals surface area contributed by atoms with E-state index in [0.29, 0.717) is 17.4 Å². The topological polar surface area (TPSA) is 65.4 Å².